The number of rotatable bonds is 1. The van der Waals surface area contributed by atoms with Crippen LogP contribution in [0.4, 0.5) is 0 Å². The summed E-state index contributed by atoms with van der Waals surface area (Å²) in [5.74, 6) is 1.11. The molecule has 1 aromatic heterocycles. The van der Waals surface area contributed by atoms with E-state index in [2.05, 4.69) is 56.7 Å². The molecule has 0 bridgehead atoms. The predicted octanol–water partition coefficient (Wildman–Crippen LogP) is 3.77. The summed E-state index contributed by atoms with van der Waals surface area (Å²) in [6.07, 6.45) is 1.50. The van der Waals surface area contributed by atoms with Crippen molar-refractivity contribution < 1.29 is 5.11 Å². The zero-order chi connectivity index (χ0) is 15.1. The van der Waals surface area contributed by atoms with Gasteiger partial charge in [-0.25, -0.2) is 4.98 Å². The van der Waals surface area contributed by atoms with E-state index in [1.54, 1.807) is 0 Å². The molecular weight excluding hydrogens is 250 g/mol. The molecule has 0 aliphatic heterocycles. The summed E-state index contributed by atoms with van der Waals surface area (Å²) < 4.78 is 0. The molecule has 0 aliphatic carbocycles. The highest BCUT2D eigenvalue weighted by molar-refractivity contribution is 5.63. The molecule has 0 amide bonds. The Morgan fingerprint density at radius 3 is 1.80 bits per heavy atom. The van der Waals surface area contributed by atoms with Crippen LogP contribution in [0.5, 0.6) is 5.75 Å². The molecular formula is C16H23N3O. The number of nitrogens with one attached hydrogen (secondary N) is 1. The summed E-state index contributed by atoms with van der Waals surface area (Å²) in [7, 11) is 0. The van der Waals surface area contributed by atoms with Crippen LogP contribution in [-0.2, 0) is 10.8 Å². The summed E-state index contributed by atoms with van der Waals surface area (Å²) in [5.41, 5.74) is 2.53. The van der Waals surface area contributed by atoms with Gasteiger partial charge in [-0.1, -0.05) is 41.5 Å². The number of H-pyrrole nitrogens is 1. The normalized spacial score (nSPS) is 12.7. The monoisotopic (exact) mass is 273 g/mol. The zero-order valence-corrected chi connectivity index (χ0v) is 13.1. The van der Waals surface area contributed by atoms with Crippen LogP contribution in [0.15, 0.2) is 18.5 Å². The molecule has 0 saturated heterocycles. The number of phenols is 1. The van der Waals surface area contributed by atoms with E-state index < -0.39 is 0 Å². The van der Waals surface area contributed by atoms with Crippen molar-refractivity contribution in [3.05, 3.63) is 29.6 Å². The lowest BCUT2D eigenvalue weighted by molar-refractivity contribution is 0.423. The van der Waals surface area contributed by atoms with Crippen LogP contribution in [0, 0.1) is 0 Å². The lowest BCUT2D eigenvalue weighted by Gasteiger charge is -2.28. The van der Waals surface area contributed by atoms with Gasteiger partial charge in [0.1, 0.15) is 12.1 Å². The molecule has 0 spiro atoms. The molecule has 0 atom stereocenters. The first kappa shape index (κ1) is 14.6. The van der Waals surface area contributed by atoms with Gasteiger partial charge in [-0.3, -0.25) is 5.10 Å². The molecule has 20 heavy (non-hydrogen) atoms. The van der Waals surface area contributed by atoms with Gasteiger partial charge in [0.15, 0.2) is 5.82 Å². The number of nitrogens with zero attached hydrogens (tertiary/aromatic N) is 2. The van der Waals surface area contributed by atoms with Gasteiger partial charge in [0, 0.05) is 16.7 Å². The number of phenolic OH excluding ortho intramolecular Hbond substituents is 1. The van der Waals surface area contributed by atoms with Crippen LogP contribution >= 0.6 is 0 Å². The number of aromatic nitrogens is 3. The van der Waals surface area contributed by atoms with E-state index in [0.717, 1.165) is 22.5 Å². The average Bonchev–Trinajstić information content (AvgIpc) is 2.79. The summed E-state index contributed by atoms with van der Waals surface area (Å²) in [5, 5.41) is 17.4. The summed E-state index contributed by atoms with van der Waals surface area (Å²) >= 11 is 0. The largest absolute Gasteiger partial charge is 0.507 e. The Labute approximate surface area is 120 Å². The fraction of sp³-hybridized carbons (Fsp3) is 0.500. The van der Waals surface area contributed by atoms with Crippen molar-refractivity contribution in [2.75, 3.05) is 0 Å². The van der Waals surface area contributed by atoms with Crippen molar-refractivity contribution in [2.45, 2.75) is 52.4 Å². The molecule has 0 fully saturated rings. The van der Waals surface area contributed by atoms with E-state index in [1.165, 1.54) is 6.33 Å². The third-order valence-electron chi connectivity index (χ3n) is 3.41. The number of hydrogen-bond donors (Lipinski definition) is 2. The topological polar surface area (TPSA) is 61.8 Å². The molecule has 0 aliphatic rings. The summed E-state index contributed by atoms with van der Waals surface area (Å²) in [6, 6.07) is 3.98. The molecule has 108 valence electrons. The van der Waals surface area contributed by atoms with Crippen LogP contribution in [0.25, 0.3) is 11.4 Å². The molecule has 2 N–H and O–H groups in total. The van der Waals surface area contributed by atoms with E-state index >= 15 is 0 Å². The molecule has 1 aromatic carbocycles. The number of hydrogen-bond acceptors (Lipinski definition) is 3. The van der Waals surface area contributed by atoms with Crippen molar-refractivity contribution in [1.29, 1.82) is 0 Å². The number of aromatic hydroxyl groups is 1. The molecule has 4 nitrogen and oxygen atoms in total. The van der Waals surface area contributed by atoms with Crippen LogP contribution in [0.2, 0.25) is 0 Å². The van der Waals surface area contributed by atoms with E-state index in [0.29, 0.717) is 5.75 Å². The predicted molar refractivity (Wildman–Crippen MR) is 80.9 cm³/mol. The van der Waals surface area contributed by atoms with Gasteiger partial charge >= 0.3 is 0 Å². The molecule has 0 radical (unpaired) electrons. The van der Waals surface area contributed by atoms with Gasteiger partial charge in [0.25, 0.3) is 0 Å². The van der Waals surface area contributed by atoms with Crippen LogP contribution in [0.1, 0.15) is 52.7 Å². The lowest BCUT2D eigenvalue weighted by atomic mass is 9.78. The minimum atomic E-state index is -0.139. The molecule has 0 unspecified atom stereocenters. The lowest BCUT2D eigenvalue weighted by Crippen LogP contribution is -2.17. The van der Waals surface area contributed by atoms with Gasteiger partial charge in [-0.15, -0.1) is 0 Å². The van der Waals surface area contributed by atoms with E-state index in [9.17, 15) is 5.11 Å². The maximum absolute atomic E-state index is 10.6. The average molecular weight is 273 g/mol. The summed E-state index contributed by atoms with van der Waals surface area (Å²) in [4.78, 5) is 4.21. The zero-order valence-electron chi connectivity index (χ0n) is 13.1. The van der Waals surface area contributed by atoms with E-state index in [4.69, 9.17) is 0 Å². The summed E-state index contributed by atoms with van der Waals surface area (Å²) in [6.45, 7) is 12.6. The maximum Gasteiger partial charge on any atom is 0.155 e. The highest BCUT2D eigenvalue weighted by atomic mass is 16.3. The second-order valence-electron chi connectivity index (χ2n) is 7.25. The van der Waals surface area contributed by atoms with Gasteiger partial charge in [-0.05, 0) is 23.0 Å². The fourth-order valence-corrected chi connectivity index (χ4v) is 2.26. The minimum Gasteiger partial charge on any atom is -0.507 e. The first-order chi connectivity index (χ1) is 9.10. The van der Waals surface area contributed by atoms with Gasteiger partial charge in [0.05, 0.1) is 0 Å². The van der Waals surface area contributed by atoms with Crippen molar-refractivity contribution in [3.63, 3.8) is 0 Å². The van der Waals surface area contributed by atoms with Crippen LogP contribution < -0.4 is 0 Å². The van der Waals surface area contributed by atoms with Gasteiger partial charge in [-0.2, -0.15) is 5.10 Å². The number of benzene rings is 1. The second-order valence-corrected chi connectivity index (χ2v) is 7.25. The number of aromatic amines is 1. The highest BCUT2D eigenvalue weighted by Gasteiger charge is 2.27. The van der Waals surface area contributed by atoms with E-state index in [1.807, 2.05) is 12.1 Å². The van der Waals surface area contributed by atoms with Crippen molar-refractivity contribution in [1.82, 2.24) is 15.2 Å². The maximum atomic E-state index is 10.6. The highest BCUT2D eigenvalue weighted by Crippen LogP contribution is 2.41. The smallest absolute Gasteiger partial charge is 0.155 e. The Hall–Kier alpha value is -1.84. The van der Waals surface area contributed by atoms with Crippen molar-refractivity contribution in [3.8, 4) is 17.1 Å². The Bertz CT molecular complexity index is 567. The third-order valence-corrected chi connectivity index (χ3v) is 3.41. The van der Waals surface area contributed by atoms with Crippen LogP contribution in [-0.4, -0.2) is 20.3 Å². The fourth-order valence-electron chi connectivity index (χ4n) is 2.26. The van der Waals surface area contributed by atoms with Crippen molar-refractivity contribution >= 4 is 0 Å². The Kier molecular flexibility index (Phi) is 3.36. The first-order valence-corrected chi connectivity index (χ1v) is 6.84. The second kappa shape index (κ2) is 4.62. The Balaban J connectivity index is 2.74. The molecule has 4 heteroatoms. The van der Waals surface area contributed by atoms with Gasteiger partial charge < -0.3 is 5.11 Å². The third kappa shape index (κ3) is 2.69. The Morgan fingerprint density at radius 1 is 0.950 bits per heavy atom. The van der Waals surface area contributed by atoms with E-state index in [-0.39, 0.29) is 10.8 Å². The SMILES string of the molecule is CC(C)(C)c1cc(-c2ncn[nH]2)cc(C(C)(C)C)c1O. The minimum absolute atomic E-state index is 0.139. The molecule has 2 rings (SSSR count). The standard InChI is InChI=1S/C16H23N3O/c1-15(2,3)11-7-10(14-17-9-18-19-14)8-12(13(11)20)16(4,5)6/h7-9,20H,1-6H3,(H,17,18,19). The van der Waals surface area contributed by atoms with Crippen LogP contribution in [0.3, 0.4) is 0 Å². The van der Waals surface area contributed by atoms with Crippen molar-refractivity contribution in [2.24, 2.45) is 0 Å². The van der Waals surface area contributed by atoms with Gasteiger partial charge in [0.2, 0.25) is 0 Å². The molecule has 2 aromatic rings. The quantitative estimate of drug-likeness (QED) is 0.831. The Morgan fingerprint density at radius 2 is 1.45 bits per heavy atom. The first-order valence-electron chi connectivity index (χ1n) is 6.84. The molecule has 0 saturated carbocycles. The molecule has 1 heterocycles.